The molecule has 0 aliphatic heterocycles. The van der Waals surface area contributed by atoms with E-state index in [-0.39, 0.29) is 23.5 Å². The van der Waals surface area contributed by atoms with Gasteiger partial charge in [-0.15, -0.1) is 0 Å². The third kappa shape index (κ3) is 7.13. The van der Waals surface area contributed by atoms with E-state index < -0.39 is 23.7 Å². The standard InChI is InChI=1S/C18H28ClFN6O4/c1-26(7-8-30-2)15-13(20)14(22-17(19)23-15)24-25-16(27)12(10-21-18(28)29)9-11-5-3-4-6-11/h11-12,21H,3-10H2,1-2H3,(H,25,27)(H,28,29)(H,22,23,24)/t12-/m1/s1. The summed E-state index contributed by atoms with van der Waals surface area (Å²) >= 11 is 5.90. The predicted molar refractivity (Wildman–Crippen MR) is 110 cm³/mol. The lowest BCUT2D eigenvalue weighted by Crippen LogP contribution is -2.42. The molecule has 1 aliphatic rings. The molecule has 10 nitrogen and oxygen atoms in total. The smallest absolute Gasteiger partial charge is 0.404 e. The van der Waals surface area contributed by atoms with Crippen LogP contribution in [0.3, 0.4) is 0 Å². The summed E-state index contributed by atoms with van der Waals surface area (Å²) in [5.74, 6) is -1.80. The van der Waals surface area contributed by atoms with E-state index in [2.05, 4.69) is 26.1 Å². The van der Waals surface area contributed by atoms with Gasteiger partial charge in [0.15, 0.2) is 11.6 Å². The average Bonchev–Trinajstić information content (AvgIpc) is 3.22. The number of hydrogen-bond donors (Lipinski definition) is 4. The van der Waals surface area contributed by atoms with Crippen LogP contribution < -0.4 is 21.1 Å². The number of hydrazine groups is 1. The van der Waals surface area contributed by atoms with E-state index in [9.17, 15) is 14.0 Å². The van der Waals surface area contributed by atoms with Crippen molar-refractivity contribution in [3.63, 3.8) is 0 Å². The topological polar surface area (TPSA) is 129 Å². The van der Waals surface area contributed by atoms with Crippen molar-refractivity contribution < 1.29 is 23.8 Å². The summed E-state index contributed by atoms with van der Waals surface area (Å²) in [7, 11) is 3.15. The van der Waals surface area contributed by atoms with Crippen molar-refractivity contribution in [3.05, 3.63) is 11.1 Å². The zero-order chi connectivity index (χ0) is 22.1. The molecule has 1 atom stereocenters. The summed E-state index contributed by atoms with van der Waals surface area (Å²) in [5.41, 5.74) is 4.87. The molecule has 12 heteroatoms. The second-order valence-electron chi connectivity index (χ2n) is 7.28. The van der Waals surface area contributed by atoms with E-state index in [0.717, 1.165) is 25.7 Å². The van der Waals surface area contributed by atoms with Gasteiger partial charge in [-0.1, -0.05) is 25.7 Å². The van der Waals surface area contributed by atoms with Crippen LogP contribution in [0.5, 0.6) is 0 Å². The van der Waals surface area contributed by atoms with Crippen molar-refractivity contribution >= 4 is 35.2 Å². The highest BCUT2D eigenvalue weighted by Gasteiger charge is 2.26. The first kappa shape index (κ1) is 23.9. The van der Waals surface area contributed by atoms with Crippen molar-refractivity contribution in [2.24, 2.45) is 11.8 Å². The number of carbonyl (C=O) groups is 2. The highest BCUT2D eigenvalue weighted by Crippen LogP contribution is 2.30. The van der Waals surface area contributed by atoms with Gasteiger partial charge in [-0.2, -0.15) is 14.4 Å². The Labute approximate surface area is 179 Å². The Balaban J connectivity index is 2.05. The van der Waals surface area contributed by atoms with Crippen molar-refractivity contribution in [1.29, 1.82) is 0 Å². The molecule has 4 N–H and O–H groups in total. The number of likely N-dealkylation sites (N-methyl/N-ethyl adjacent to an activating group) is 1. The molecule has 1 aliphatic carbocycles. The Bertz CT molecular complexity index is 735. The van der Waals surface area contributed by atoms with Crippen LogP contribution in [0.25, 0.3) is 0 Å². The number of rotatable bonds is 11. The van der Waals surface area contributed by atoms with Gasteiger partial charge in [0, 0.05) is 27.2 Å². The van der Waals surface area contributed by atoms with E-state index in [1.165, 1.54) is 12.0 Å². The van der Waals surface area contributed by atoms with Gasteiger partial charge in [-0.3, -0.25) is 15.6 Å². The van der Waals surface area contributed by atoms with Crippen LogP contribution in [0, 0.1) is 17.7 Å². The Morgan fingerprint density at radius 1 is 1.37 bits per heavy atom. The SMILES string of the molecule is COCCN(C)c1nc(Cl)nc(NNC(=O)[C@@H](CNC(=O)O)CC2CCCC2)c1F. The lowest BCUT2D eigenvalue weighted by Gasteiger charge is -2.22. The quantitative estimate of drug-likeness (QED) is 0.301. The van der Waals surface area contributed by atoms with Gasteiger partial charge >= 0.3 is 6.09 Å². The Kier molecular flexibility index (Phi) is 9.31. The predicted octanol–water partition coefficient (Wildman–Crippen LogP) is 2.26. The van der Waals surface area contributed by atoms with Gasteiger partial charge in [-0.05, 0) is 23.9 Å². The number of amides is 2. The fourth-order valence-electron chi connectivity index (χ4n) is 3.44. The lowest BCUT2D eigenvalue weighted by atomic mass is 9.92. The first-order valence-electron chi connectivity index (χ1n) is 9.77. The first-order chi connectivity index (χ1) is 14.3. The number of nitrogens with one attached hydrogen (secondary N) is 3. The number of carboxylic acid groups (broad SMARTS) is 1. The maximum Gasteiger partial charge on any atom is 0.404 e. The molecule has 0 aromatic carbocycles. The van der Waals surface area contributed by atoms with Crippen LogP contribution in [0.2, 0.25) is 5.28 Å². The maximum atomic E-state index is 14.8. The average molecular weight is 447 g/mol. The molecule has 30 heavy (non-hydrogen) atoms. The number of methoxy groups -OCH3 is 1. The van der Waals surface area contributed by atoms with Crippen LogP contribution in [-0.4, -0.2) is 60.9 Å². The number of nitrogens with zero attached hydrogens (tertiary/aromatic N) is 3. The monoisotopic (exact) mass is 446 g/mol. The van der Waals surface area contributed by atoms with E-state index in [1.54, 1.807) is 7.05 Å². The van der Waals surface area contributed by atoms with Gasteiger partial charge in [0.1, 0.15) is 0 Å². The molecular formula is C18H28ClFN6O4. The zero-order valence-electron chi connectivity index (χ0n) is 17.1. The highest BCUT2D eigenvalue weighted by atomic mass is 35.5. The number of hydrogen-bond acceptors (Lipinski definition) is 7. The molecule has 2 rings (SSSR count). The summed E-state index contributed by atoms with van der Waals surface area (Å²) in [6.07, 6.45) is 3.58. The van der Waals surface area contributed by atoms with Crippen LogP contribution >= 0.6 is 11.6 Å². The highest BCUT2D eigenvalue weighted by molar-refractivity contribution is 6.28. The van der Waals surface area contributed by atoms with Crippen LogP contribution in [0.4, 0.5) is 20.8 Å². The number of halogens is 2. The van der Waals surface area contributed by atoms with Crippen LogP contribution in [-0.2, 0) is 9.53 Å². The molecule has 0 radical (unpaired) electrons. The van der Waals surface area contributed by atoms with Crippen molar-refractivity contribution in [2.45, 2.75) is 32.1 Å². The molecule has 1 heterocycles. The molecule has 1 aromatic rings. The second-order valence-corrected chi connectivity index (χ2v) is 7.61. The molecule has 1 saturated carbocycles. The number of anilines is 2. The molecule has 168 valence electrons. The molecule has 0 bridgehead atoms. The zero-order valence-corrected chi connectivity index (χ0v) is 17.8. The minimum atomic E-state index is -1.20. The molecule has 0 saturated heterocycles. The first-order valence-corrected chi connectivity index (χ1v) is 10.1. The van der Waals surface area contributed by atoms with Crippen molar-refractivity contribution in [1.82, 2.24) is 20.7 Å². The van der Waals surface area contributed by atoms with E-state index in [0.29, 0.717) is 25.5 Å². The van der Waals surface area contributed by atoms with Crippen LogP contribution in [0.1, 0.15) is 32.1 Å². The summed E-state index contributed by atoms with van der Waals surface area (Å²) in [5, 5.41) is 10.9. The number of carbonyl (C=O) groups excluding carboxylic acids is 1. The lowest BCUT2D eigenvalue weighted by molar-refractivity contribution is -0.124. The summed E-state index contributed by atoms with van der Waals surface area (Å²) in [6, 6.07) is 0. The normalized spacial score (nSPS) is 14.9. The fourth-order valence-corrected chi connectivity index (χ4v) is 3.61. The van der Waals surface area contributed by atoms with Gasteiger partial charge in [-0.25, -0.2) is 4.79 Å². The Morgan fingerprint density at radius 2 is 2.07 bits per heavy atom. The third-order valence-corrected chi connectivity index (χ3v) is 5.24. The molecule has 1 fully saturated rings. The summed E-state index contributed by atoms with van der Waals surface area (Å²) in [6.45, 7) is 0.699. The Hall–Kier alpha value is -2.40. The Morgan fingerprint density at radius 3 is 2.70 bits per heavy atom. The molecular weight excluding hydrogens is 419 g/mol. The molecule has 0 spiro atoms. The van der Waals surface area contributed by atoms with Crippen LogP contribution in [0.15, 0.2) is 0 Å². The van der Waals surface area contributed by atoms with Gasteiger partial charge in [0.25, 0.3) is 0 Å². The van der Waals surface area contributed by atoms with E-state index >= 15 is 0 Å². The maximum absolute atomic E-state index is 14.8. The number of aromatic nitrogens is 2. The largest absolute Gasteiger partial charge is 0.465 e. The van der Waals surface area contributed by atoms with Gasteiger partial charge in [0.2, 0.25) is 17.0 Å². The van der Waals surface area contributed by atoms with Gasteiger partial charge in [0.05, 0.1) is 12.5 Å². The molecule has 0 unspecified atom stereocenters. The fraction of sp³-hybridized carbons (Fsp3) is 0.667. The minimum Gasteiger partial charge on any atom is -0.465 e. The minimum absolute atomic E-state index is 0.0304. The van der Waals surface area contributed by atoms with Crippen molar-refractivity contribution in [2.75, 3.05) is 44.2 Å². The summed E-state index contributed by atoms with van der Waals surface area (Å²) in [4.78, 5) is 32.7. The molecule has 2 amide bonds. The van der Waals surface area contributed by atoms with E-state index in [4.69, 9.17) is 21.4 Å². The van der Waals surface area contributed by atoms with Crippen molar-refractivity contribution in [3.8, 4) is 0 Å². The van der Waals surface area contributed by atoms with E-state index in [1.807, 2.05) is 0 Å². The summed E-state index contributed by atoms with van der Waals surface area (Å²) < 4.78 is 19.8. The van der Waals surface area contributed by atoms with Gasteiger partial charge < -0.3 is 20.1 Å². The second kappa shape index (κ2) is 11.7. The number of ether oxygens (including phenoxy) is 1. The molecule has 1 aromatic heterocycles. The third-order valence-electron chi connectivity index (χ3n) is 5.07.